The van der Waals surface area contributed by atoms with E-state index in [0.29, 0.717) is 11.3 Å². The number of para-hydroxylation sites is 1. The third kappa shape index (κ3) is 3.72. The van der Waals surface area contributed by atoms with Gasteiger partial charge in [0.25, 0.3) is 0 Å². The zero-order chi connectivity index (χ0) is 20.6. The molecule has 1 aromatic heterocycles. The van der Waals surface area contributed by atoms with Crippen LogP contribution in [0.4, 0.5) is 19.3 Å². The number of carbonyl (C=O) groups is 1. The molecule has 1 aliphatic rings. The van der Waals surface area contributed by atoms with Crippen LogP contribution in [0, 0.1) is 12.7 Å². The SMILES string of the molecule is Cc1cc2c(NC(=O)N[C@@H]3C[C@@](C)(CF)Oc4c(F)cccc43)cccc2cn1. The fourth-order valence-corrected chi connectivity index (χ4v) is 3.65. The van der Waals surface area contributed by atoms with Crippen LogP contribution in [0.15, 0.2) is 48.7 Å². The summed E-state index contributed by atoms with van der Waals surface area (Å²) in [5.41, 5.74) is 0.740. The number of carbonyl (C=O) groups excluding carboxylic acids is 1. The summed E-state index contributed by atoms with van der Waals surface area (Å²) in [4.78, 5) is 17.0. The fraction of sp³-hybridized carbons (Fsp3) is 0.273. The van der Waals surface area contributed by atoms with Crippen molar-refractivity contribution in [3.05, 3.63) is 65.7 Å². The summed E-state index contributed by atoms with van der Waals surface area (Å²) in [6, 6.07) is 10.9. The maximum Gasteiger partial charge on any atom is 0.319 e. The number of hydrogen-bond acceptors (Lipinski definition) is 3. The summed E-state index contributed by atoms with van der Waals surface area (Å²) in [6.07, 6.45) is 1.93. The van der Waals surface area contributed by atoms with E-state index in [0.717, 1.165) is 16.5 Å². The molecule has 2 N–H and O–H groups in total. The van der Waals surface area contributed by atoms with E-state index in [1.165, 1.54) is 6.07 Å². The van der Waals surface area contributed by atoms with Crippen LogP contribution in [-0.4, -0.2) is 23.3 Å². The van der Waals surface area contributed by atoms with Gasteiger partial charge in [-0.05, 0) is 32.0 Å². The lowest BCUT2D eigenvalue weighted by atomic mass is 9.89. The normalized spacial score (nSPS) is 20.6. The first-order chi connectivity index (χ1) is 13.9. The van der Waals surface area contributed by atoms with Crippen LogP contribution in [0.5, 0.6) is 5.75 Å². The zero-order valence-electron chi connectivity index (χ0n) is 16.1. The van der Waals surface area contributed by atoms with Crippen LogP contribution in [0.25, 0.3) is 10.8 Å². The van der Waals surface area contributed by atoms with Crippen LogP contribution in [-0.2, 0) is 0 Å². The summed E-state index contributed by atoms with van der Waals surface area (Å²) in [5, 5.41) is 7.45. The number of fused-ring (bicyclic) bond motifs is 2. The van der Waals surface area contributed by atoms with E-state index in [1.807, 2.05) is 25.1 Å². The minimum absolute atomic E-state index is 0.0175. The lowest BCUT2D eigenvalue weighted by Gasteiger charge is -2.38. The fourth-order valence-electron chi connectivity index (χ4n) is 3.65. The molecule has 0 unspecified atom stereocenters. The first kappa shape index (κ1) is 19.1. The van der Waals surface area contributed by atoms with Crippen LogP contribution in [0.1, 0.15) is 30.6 Å². The number of ether oxygens (including phenoxy) is 1. The number of anilines is 1. The maximum absolute atomic E-state index is 14.2. The molecule has 0 spiro atoms. The van der Waals surface area contributed by atoms with Gasteiger partial charge < -0.3 is 15.4 Å². The molecule has 0 bridgehead atoms. The van der Waals surface area contributed by atoms with Crippen molar-refractivity contribution in [2.24, 2.45) is 0 Å². The van der Waals surface area contributed by atoms with E-state index < -0.39 is 30.2 Å². The van der Waals surface area contributed by atoms with Crippen molar-refractivity contribution in [2.75, 3.05) is 12.0 Å². The molecular weight excluding hydrogens is 376 g/mol. The Bertz CT molecular complexity index is 1090. The lowest BCUT2D eigenvalue weighted by molar-refractivity contribution is 0.0223. The molecule has 1 aliphatic heterocycles. The molecule has 3 aromatic rings. The number of urea groups is 1. The number of nitrogens with one attached hydrogen (secondary N) is 2. The Hall–Kier alpha value is -3.22. The van der Waals surface area contributed by atoms with Gasteiger partial charge in [0, 0.05) is 34.6 Å². The molecule has 29 heavy (non-hydrogen) atoms. The van der Waals surface area contributed by atoms with Gasteiger partial charge in [0.1, 0.15) is 12.3 Å². The first-order valence-electron chi connectivity index (χ1n) is 9.35. The van der Waals surface area contributed by atoms with Gasteiger partial charge in [0.05, 0.1) is 11.7 Å². The van der Waals surface area contributed by atoms with E-state index in [2.05, 4.69) is 15.6 Å². The second-order valence-corrected chi connectivity index (χ2v) is 7.55. The average Bonchev–Trinajstić information content (AvgIpc) is 2.69. The third-order valence-corrected chi connectivity index (χ3v) is 5.09. The van der Waals surface area contributed by atoms with Crippen LogP contribution < -0.4 is 15.4 Å². The lowest BCUT2D eigenvalue weighted by Crippen LogP contribution is -2.45. The molecule has 0 saturated heterocycles. The number of halogens is 2. The largest absolute Gasteiger partial charge is 0.481 e. The first-order valence-corrected chi connectivity index (χ1v) is 9.35. The van der Waals surface area contributed by atoms with Crippen molar-refractivity contribution in [1.29, 1.82) is 0 Å². The number of rotatable bonds is 3. The van der Waals surface area contributed by atoms with Crippen molar-refractivity contribution in [1.82, 2.24) is 10.3 Å². The van der Waals surface area contributed by atoms with Gasteiger partial charge in [-0.15, -0.1) is 0 Å². The van der Waals surface area contributed by atoms with Crippen LogP contribution in [0.3, 0.4) is 0 Å². The Labute approximate surface area is 167 Å². The molecule has 4 rings (SSSR count). The predicted octanol–water partition coefficient (Wildman–Crippen LogP) is 5.06. The smallest absolute Gasteiger partial charge is 0.319 e. The molecule has 2 aromatic carbocycles. The number of pyridine rings is 1. The van der Waals surface area contributed by atoms with Crippen molar-refractivity contribution >= 4 is 22.5 Å². The summed E-state index contributed by atoms with van der Waals surface area (Å²) in [5.74, 6) is -0.595. The van der Waals surface area contributed by atoms with Gasteiger partial charge in [-0.2, -0.15) is 0 Å². The monoisotopic (exact) mass is 397 g/mol. The third-order valence-electron chi connectivity index (χ3n) is 5.09. The second-order valence-electron chi connectivity index (χ2n) is 7.55. The molecule has 7 heteroatoms. The summed E-state index contributed by atoms with van der Waals surface area (Å²) < 4.78 is 33.4. The maximum atomic E-state index is 14.2. The van der Waals surface area contributed by atoms with E-state index >= 15 is 0 Å². The Balaban J connectivity index is 1.61. The minimum Gasteiger partial charge on any atom is -0.481 e. The number of aryl methyl sites for hydroxylation is 1. The number of hydrogen-bond donors (Lipinski definition) is 2. The van der Waals surface area contributed by atoms with Gasteiger partial charge in [-0.3, -0.25) is 4.98 Å². The summed E-state index contributed by atoms with van der Waals surface area (Å²) >= 11 is 0. The molecule has 0 aliphatic carbocycles. The molecule has 2 heterocycles. The number of aromatic nitrogens is 1. The van der Waals surface area contributed by atoms with Gasteiger partial charge >= 0.3 is 6.03 Å². The number of nitrogens with zero attached hydrogens (tertiary/aromatic N) is 1. The van der Waals surface area contributed by atoms with Crippen molar-refractivity contribution in [3.8, 4) is 5.75 Å². The molecule has 5 nitrogen and oxygen atoms in total. The molecule has 0 radical (unpaired) electrons. The van der Waals surface area contributed by atoms with E-state index in [4.69, 9.17) is 4.74 Å². The van der Waals surface area contributed by atoms with Gasteiger partial charge in [-0.1, -0.05) is 24.3 Å². The number of benzene rings is 2. The highest BCUT2D eigenvalue weighted by Crippen LogP contribution is 2.41. The zero-order valence-corrected chi connectivity index (χ0v) is 16.1. The quantitative estimate of drug-likeness (QED) is 0.650. The predicted molar refractivity (Wildman–Crippen MR) is 107 cm³/mol. The standard InChI is InChI=1S/C22H21F2N3O2/c1-13-9-16-14(11-25-13)5-3-8-18(16)26-21(28)27-19-10-22(2,12-23)29-20-15(19)6-4-7-17(20)24/h3-9,11,19H,10,12H2,1-2H3,(H2,26,27,28)/t19-,22+/m1/s1. The second kappa shape index (κ2) is 7.31. The molecule has 0 saturated carbocycles. The summed E-state index contributed by atoms with van der Waals surface area (Å²) in [6.45, 7) is 2.65. The Morgan fingerprint density at radius 3 is 2.90 bits per heavy atom. The highest BCUT2D eigenvalue weighted by Gasteiger charge is 2.39. The van der Waals surface area contributed by atoms with Crippen molar-refractivity contribution in [3.63, 3.8) is 0 Å². The van der Waals surface area contributed by atoms with Crippen molar-refractivity contribution in [2.45, 2.75) is 31.9 Å². The Morgan fingerprint density at radius 1 is 1.31 bits per heavy atom. The Kier molecular flexibility index (Phi) is 4.82. The van der Waals surface area contributed by atoms with Gasteiger partial charge in [0.15, 0.2) is 11.6 Å². The number of alkyl halides is 1. The topological polar surface area (TPSA) is 63.2 Å². The molecule has 2 atom stereocenters. The average molecular weight is 397 g/mol. The van der Waals surface area contributed by atoms with Crippen LogP contribution in [0.2, 0.25) is 0 Å². The Morgan fingerprint density at radius 2 is 2.10 bits per heavy atom. The molecule has 2 amide bonds. The van der Waals surface area contributed by atoms with E-state index in [1.54, 1.807) is 31.3 Å². The summed E-state index contributed by atoms with van der Waals surface area (Å²) in [7, 11) is 0. The van der Waals surface area contributed by atoms with Gasteiger partial charge in [0.2, 0.25) is 0 Å². The molecule has 0 fully saturated rings. The molecular formula is C22H21F2N3O2. The van der Waals surface area contributed by atoms with E-state index in [9.17, 15) is 13.6 Å². The number of amides is 2. The van der Waals surface area contributed by atoms with E-state index in [-0.39, 0.29) is 12.2 Å². The highest BCUT2D eigenvalue weighted by atomic mass is 19.1. The minimum atomic E-state index is -1.21. The highest BCUT2D eigenvalue weighted by molar-refractivity contribution is 6.01. The van der Waals surface area contributed by atoms with Crippen molar-refractivity contribution < 1.29 is 18.3 Å². The van der Waals surface area contributed by atoms with Gasteiger partial charge in [-0.25, -0.2) is 13.6 Å². The molecule has 150 valence electrons. The van der Waals surface area contributed by atoms with Crippen LogP contribution >= 0.6 is 0 Å².